The summed E-state index contributed by atoms with van der Waals surface area (Å²) in [5.41, 5.74) is 3.89. The van der Waals surface area contributed by atoms with Gasteiger partial charge in [0, 0.05) is 6.54 Å². The van der Waals surface area contributed by atoms with Gasteiger partial charge in [0.15, 0.2) is 0 Å². The van der Waals surface area contributed by atoms with Crippen LogP contribution in [0.2, 0.25) is 0 Å². The van der Waals surface area contributed by atoms with Crippen LogP contribution in [0.1, 0.15) is 35.6 Å². The van der Waals surface area contributed by atoms with E-state index in [1.54, 1.807) is 0 Å². The number of nitrogens with zero attached hydrogens (tertiary/aromatic N) is 1. The molecule has 0 aliphatic carbocycles. The van der Waals surface area contributed by atoms with Crippen LogP contribution in [0.3, 0.4) is 0 Å². The van der Waals surface area contributed by atoms with Crippen LogP contribution in [0.5, 0.6) is 0 Å². The fourth-order valence-electron chi connectivity index (χ4n) is 3.15. The van der Waals surface area contributed by atoms with Crippen molar-refractivity contribution >= 4 is 6.29 Å². The van der Waals surface area contributed by atoms with Crippen molar-refractivity contribution in [1.82, 2.24) is 4.90 Å². The Morgan fingerprint density at radius 3 is 2.57 bits per heavy atom. The van der Waals surface area contributed by atoms with Gasteiger partial charge in [0.1, 0.15) is 6.29 Å². The number of rotatable bonds is 6. The average molecular weight is 279 g/mol. The number of benzene rings is 2. The van der Waals surface area contributed by atoms with Crippen molar-refractivity contribution in [3.05, 3.63) is 71.3 Å². The van der Waals surface area contributed by atoms with E-state index >= 15 is 0 Å². The van der Waals surface area contributed by atoms with E-state index in [1.807, 2.05) is 6.07 Å². The van der Waals surface area contributed by atoms with Crippen LogP contribution in [-0.4, -0.2) is 17.7 Å². The molecule has 21 heavy (non-hydrogen) atoms. The van der Waals surface area contributed by atoms with E-state index in [9.17, 15) is 4.79 Å². The molecule has 2 nitrogen and oxygen atoms in total. The van der Waals surface area contributed by atoms with Gasteiger partial charge in [-0.3, -0.25) is 4.90 Å². The second-order valence-electron chi connectivity index (χ2n) is 5.69. The van der Waals surface area contributed by atoms with Crippen molar-refractivity contribution in [2.24, 2.45) is 0 Å². The van der Waals surface area contributed by atoms with E-state index in [2.05, 4.69) is 53.4 Å². The molecular formula is C19H21NO. The Balaban J connectivity index is 1.51. The molecule has 0 aromatic heterocycles. The monoisotopic (exact) mass is 279 g/mol. The number of carbonyl (C=O) groups excluding carboxylic acids is 1. The van der Waals surface area contributed by atoms with Crippen LogP contribution in [-0.2, 0) is 17.8 Å². The largest absolute Gasteiger partial charge is 0.301 e. The fourth-order valence-corrected chi connectivity index (χ4v) is 3.15. The van der Waals surface area contributed by atoms with E-state index in [1.165, 1.54) is 23.1 Å². The molecule has 1 heterocycles. The van der Waals surface area contributed by atoms with Crippen LogP contribution in [0.15, 0.2) is 54.6 Å². The van der Waals surface area contributed by atoms with Gasteiger partial charge < -0.3 is 4.79 Å². The molecule has 0 amide bonds. The first-order valence-corrected chi connectivity index (χ1v) is 7.69. The molecule has 0 bridgehead atoms. The third-order valence-corrected chi connectivity index (χ3v) is 4.27. The van der Waals surface area contributed by atoms with E-state index in [0.29, 0.717) is 0 Å². The van der Waals surface area contributed by atoms with Gasteiger partial charge in [0.2, 0.25) is 0 Å². The van der Waals surface area contributed by atoms with Gasteiger partial charge in [-0.2, -0.15) is 0 Å². The summed E-state index contributed by atoms with van der Waals surface area (Å²) in [6.45, 7) is 1.90. The highest BCUT2D eigenvalue weighted by molar-refractivity contribution is 5.64. The molecule has 0 fully saturated rings. The lowest BCUT2D eigenvalue weighted by molar-refractivity contribution is -0.112. The standard InChI is InChI=1S/C19H21NO/c21-15-19-18-12-5-4-11-17(18)14-20(19)13-7-6-10-16-8-2-1-3-9-16/h1-5,8-9,11-12,15,19H,6-7,10,13-14H2. The van der Waals surface area contributed by atoms with Crippen molar-refractivity contribution < 1.29 is 4.79 Å². The maximum Gasteiger partial charge on any atom is 0.141 e. The Morgan fingerprint density at radius 1 is 1.00 bits per heavy atom. The van der Waals surface area contributed by atoms with E-state index in [-0.39, 0.29) is 6.04 Å². The minimum Gasteiger partial charge on any atom is -0.301 e. The molecule has 1 unspecified atom stereocenters. The molecular weight excluding hydrogens is 258 g/mol. The first kappa shape index (κ1) is 14.0. The van der Waals surface area contributed by atoms with Gasteiger partial charge in [0.25, 0.3) is 0 Å². The van der Waals surface area contributed by atoms with E-state index < -0.39 is 0 Å². The molecule has 108 valence electrons. The Morgan fingerprint density at radius 2 is 1.76 bits per heavy atom. The van der Waals surface area contributed by atoms with Gasteiger partial charge in [-0.05, 0) is 42.5 Å². The van der Waals surface area contributed by atoms with Crippen molar-refractivity contribution in [2.75, 3.05) is 6.54 Å². The normalized spacial score (nSPS) is 17.6. The van der Waals surface area contributed by atoms with Gasteiger partial charge in [0.05, 0.1) is 6.04 Å². The molecule has 2 aromatic carbocycles. The summed E-state index contributed by atoms with van der Waals surface area (Å²) in [6, 6.07) is 18.9. The predicted octanol–water partition coefficient (Wildman–Crippen LogP) is 3.77. The summed E-state index contributed by atoms with van der Waals surface area (Å²) >= 11 is 0. The maximum absolute atomic E-state index is 11.4. The van der Waals surface area contributed by atoms with Gasteiger partial charge in [-0.1, -0.05) is 54.6 Å². The molecule has 1 atom stereocenters. The quantitative estimate of drug-likeness (QED) is 0.592. The topological polar surface area (TPSA) is 20.3 Å². The maximum atomic E-state index is 11.4. The summed E-state index contributed by atoms with van der Waals surface area (Å²) in [4.78, 5) is 13.7. The Hall–Kier alpha value is -1.93. The van der Waals surface area contributed by atoms with Crippen LogP contribution in [0.4, 0.5) is 0 Å². The zero-order valence-corrected chi connectivity index (χ0v) is 12.2. The van der Waals surface area contributed by atoms with Crippen LogP contribution < -0.4 is 0 Å². The second kappa shape index (κ2) is 6.68. The lowest BCUT2D eigenvalue weighted by atomic mass is 10.1. The zero-order valence-electron chi connectivity index (χ0n) is 12.2. The van der Waals surface area contributed by atoms with Gasteiger partial charge in [-0.15, -0.1) is 0 Å². The first-order chi connectivity index (χ1) is 10.4. The molecule has 0 N–H and O–H groups in total. The number of hydrogen-bond acceptors (Lipinski definition) is 2. The Labute approximate surface area is 126 Å². The molecule has 3 rings (SSSR count). The van der Waals surface area contributed by atoms with Crippen molar-refractivity contribution in [2.45, 2.75) is 31.8 Å². The van der Waals surface area contributed by atoms with Crippen LogP contribution in [0, 0.1) is 0 Å². The molecule has 1 aliphatic heterocycles. The third-order valence-electron chi connectivity index (χ3n) is 4.27. The Bertz CT molecular complexity index is 594. The summed E-state index contributed by atoms with van der Waals surface area (Å²) in [6.07, 6.45) is 4.51. The van der Waals surface area contributed by atoms with E-state index in [0.717, 1.165) is 32.2 Å². The number of carbonyl (C=O) groups is 1. The molecule has 0 radical (unpaired) electrons. The molecule has 2 aromatic rings. The SMILES string of the molecule is O=CC1c2ccccc2CN1CCCCc1ccccc1. The molecule has 2 heteroatoms. The smallest absolute Gasteiger partial charge is 0.141 e. The molecule has 1 aliphatic rings. The molecule has 0 saturated carbocycles. The summed E-state index contributed by atoms with van der Waals surface area (Å²) in [5, 5.41) is 0. The van der Waals surface area contributed by atoms with Crippen molar-refractivity contribution in [3.8, 4) is 0 Å². The lowest BCUT2D eigenvalue weighted by Crippen LogP contribution is -2.24. The van der Waals surface area contributed by atoms with Crippen molar-refractivity contribution in [1.29, 1.82) is 0 Å². The average Bonchev–Trinajstić information content (AvgIpc) is 2.90. The highest BCUT2D eigenvalue weighted by Crippen LogP contribution is 2.32. The summed E-state index contributed by atoms with van der Waals surface area (Å²) in [5.74, 6) is 0. The third kappa shape index (κ3) is 3.22. The minimum atomic E-state index is -0.0436. The van der Waals surface area contributed by atoms with Crippen molar-refractivity contribution in [3.63, 3.8) is 0 Å². The highest BCUT2D eigenvalue weighted by Gasteiger charge is 2.28. The number of hydrogen-bond donors (Lipinski definition) is 0. The number of aldehydes is 1. The van der Waals surface area contributed by atoms with Gasteiger partial charge >= 0.3 is 0 Å². The lowest BCUT2D eigenvalue weighted by Gasteiger charge is -2.20. The highest BCUT2D eigenvalue weighted by atomic mass is 16.1. The zero-order chi connectivity index (χ0) is 14.5. The van der Waals surface area contributed by atoms with E-state index in [4.69, 9.17) is 0 Å². The molecule has 0 spiro atoms. The van der Waals surface area contributed by atoms with Crippen LogP contribution >= 0.6 is 0 Å². The number of fused-ring (bicyclic) bond motifs is 1. The van der Waals surface area contributed by atoms with Crippen LogP contribution in [0.25, 0.3) is 0 Å². The van der Waals surface area contributed by atoms with Gasteiger partial charge in [-0.25, -0.2) is 0 Å². The first-order valence-electron chi connectivity index (χ1n) is 7.69. The summed E-state index contributed by atoms with van der Waals surface area (Å²) < 4.78 is 0. The predicted molar refractivity (Wildman–Crippen MR) is 85.0 cm³/mol. The fraction of sp³-hybridized carbons (Fsp3) is 0.316. The second-order valence-corrected chi connectivity index (χ2v) is 5.69. The molecule has 0 saturated heterocycles. The Kier molecular flexibility index (Phi) is 4.46. The number of aryl methyl sites for hydroxylation is 1. The minimum absolute atomic E-state index is 0.0436. The summed E-state index contributed by atoms with van der Waals surface area (Å²) in [7, 11) is 0. The number of unbranched alkanes of at least 4 members (excludes halogenated alkanes) is 1.